The van der Waals surface area contributed by atoms with Crippen LogP contribution in [0.1, 0.15) is 5.56 Å². The Morgan fingerprint density at radius 2 is 2.20 bits per heavy atom. The quantitative estimate of drug-likeness (QED) is 0.789. The maximum absolute atomic E-state index is 10.8. The van der Waals surface area contributed by atoms with Gasteiger partial charge in [-0.2, -0.15) is 0 Å². The van der Waals surface area contributed by atoms with Crippen LogP contribution in [0.4, 0.5) is 4.79 Å². The average Bonchev–Trinajstić information content (AvgIpc) is 2.25. The molecule has 0 spiro atoms. The van der Waals surface area contributed by atoms with Gasteiger partial charge in [-0.1, -0.05) is 0 Å². The predicted octanol–water partition coefficient (Wildman–Crippen LogP) is 1.26. The van der Waals surface area contributed by atoms with E-state index in [4.69, 9.17) is 9.47 Å². The van der Waals surface area contributed by atoms with Crippen molar-refractivity contribution in [1.82, 2.24) is 5.32 Å². The van der Waals surface area contributed by atoms with Crippen molar-refractivity contribution >= 4 is 6.09 Å². The summed E-state index contributed by atoms with van der Waals surface area (Å²) in [5, 5.41) is 11.6. The smallest absolute Gasteiger partial charge is 0.407 e. The maximum Gasteiger partial charge on any atom is 0.407 e. The number of benzene rings is 1. The zero-order valence-corrected chi connectivity index (χ0v) is 8.61. The molecule has 0 heterocycles. The summed E-state index contributed by atoms with van der Waals surface area (Å²) in [6, 6.07) is 4.66. The minimum absolute atomic E-state index is 0.0739. The van der Waals surface area contributed by atoms with E-state index in [2.05, 4.69) is 5.32 Å². The number of hydrogen-bond donors (Lipinski definition) is 2. The molecule has 1 amide bonds. The van der Waals surface area contributed by atoms with E-state index in [1.165, 1.54) is 26.3 Å². The molecule has 0 aromatic heterocycles. The van der Waals surface area contributed by atoms with Gasteiger partial charge < -0.3 is 19.9 Å². The Hall–Kier alpha value is -1.91. The summed E-state index contributed by atoms with van der Waals surface area (Å²) in [5.74, 6) is 0.593. The minimum atomic E-state index is -0.516. The van der Waals surface area contributed by atoms with Crippen molar-refractivity contribution in [2.45, 2.75) is 6.61 Å². The number of ether oxygens (including phenoxy) is 2. The Bertz CT molecular complexity index is 351. The molecule has 0 atom stereocenters. The topological polar surface area (TPSA) is 67.8 Å². The van der Waals surface area contributed by atoms with Crippen LogP contribution in [0.2, 0.25) is 0 Å². The molecule has 0 aliphatic heterocycles. The van der Waals surface area contributed by atoms with Crippen molar-refractivity contribution in [2.75, 3.05) is 14.2 Å². The molecule has 82 valence electrons. The predicted molar refractivity (Wildman–Crippen MR) is 53.9 cm³/mol. The lowest BCUT2D eigenvalue weighted by atomic mass is 10.2. The molecule has 0 unspecified atom stereocenters. The number of amides is 1. The maximum atomic E-state index is 10.8. The molecule has 0 aliphatic carbocycles. The van der Waals surface area contributed by atoms with Crippen molar-refractivity contribution in [3.05, 3.63) is 23.8 Å². The molecule has 1 aromatic rings. The summed E-state index contributed by atoms with van der Waals surface area (Å²) in [6.07, 6.45) is -0.516. The Balaban J connectivity index is 2.68. The molecule has 0 saturated heterocycles. The van der Waals surface area contributed by atoms with Gasteiger partial charge in [0, 0.05) is 13.1 Å². The molecule has 2 N–H and O–H groups in total. The molecule has 5 nitrogen and oxygen atoms in total. The molecule has 0 fully saturated rings. The third-order valence-electron chi connectivity index (χ3n) is 1.76. The Kier molecular flexibility index (Phi) is 3.79. The van der Waals surface area contributed by atoms with E-state index in [0.29, 0.717) is 11.3 Å². The van der Waals surface area contributed by atoms with Gasteiger partial charge in [0.1, 0.15) is 18.1 Å². The van der Waals surface area contributed by atoms with Crippen LogP contribution in [0, 0.1) is 0 Å². The summed E-state index contributed by atoms with van der Waals surface area (Å²) < 4.78 is 9.77. The van der Waals surface area contributed by atoms with E-state index in [1.807, 2.05) is 0 Å². The van der Waals surface area contributed by atoms with Crippen molar-refractivity contribution in [3.63, 3.8) is 0 Å². The fraction of sp³-hybridized carbons (Fsp3) is 0.300. The second kappa shape index (κ2) is 5.09. The highest BCUT2D eigenvalue weighted by molar-refractivity contribution is 5.66. The first-order valence-electron chi connectivity index (χ1n) is 4.37. The number of carbonyl (C=O) groups is 1. The largest absolute Gasteiger partial charge is 0.508 e. The van der Waals surface area contributed by atoms with E-state index in [9.17, 15) is 9.90 Å². The van der Waals surface area contributed by atoms with Crippen molar-refractivity contribution in [3.8, 4) is 11.5 Å². The standard InChI is InChI=1S/C10H13NO4/c1-11-10(13)15-6-7-3-8(12)5-9(4-7)14-2/h3-5,12H,6H2,1-2H3,(H,11,13). The van der Waals surface area contributed by atoms with Gasteiger partial charge >= 0.3 is 6.09 Å². The number of phenolic OH excluding ortho intramolecular Hbond substituents is 1. The van der Waals surface area contributed by atoms with E-state index >= 15 is 0 Å². The first-order valence-corrected chi connectivity index (χ1v) is 4.37. The summed E-state index contributed by atoms with van der Waals surface area (Å²) in [4.78, 5) is 10.8. The third kappa shape index (κ3) is 3.38. The van der Waals surface area contributed by atoms with E-state index in [1.54, 1.807) is 6.07 Å². The van der Waals surface area contributed by atoms with E-state index < -0.39 is 6.09 Å². The van der Waals surface area contributed by atoms with Gasteiger partial charge in [0.25, 0.3) is 0 Å². The van der Waals surface area contributed by atoms with Gasteiger partial charge in [0.2, 0.25) is 0 Å². The van der Waals surface area contributed by atoms with Crippen LogP contribution in [-0.4, -0.2) is 25.4 Å². The SMILES string of the molecule is CNC(=O)OCc1cc(O)cc(OC)c1. The Labute approximate surface area is 87.6 Å². The zero-order chi connectivity index (χ0) is 11.3. The Morgan fingerprint density at radius 3 is 2.80 bits per heavy atom. The van der Waals surface area contributed by atoms with Gasteiger partial charge in [-0.15, -0.1) is 0 Å². The highest BCUT2D eigenvalue weighted by atomic mass is 16.5. The lowest BCUT2D eigenvalue weighted by Crippen LogP contribution is -2.18. The van der Waals surface area contributed by atoms with Crippen molar-refractivity contribution < 1.29 is 19.4 Å². The monoisotopic (exact) mass is 211 g/mol. The van der Waals surface area contributed by atoms with Gasteiger partial charge in [-0.25, -0.2) is 4.79 Å². The van der Waals surface area contributed by atoms with Gasteiger partial charge in [0.05, 0.1) is 7.11 Å². The molecule has 0 saturated carbocycles. The molecular formula is C10H13NO4. The van der Waals surface area contributed by atoms with Crippen LogP contribution in [0.5, 0.6) is 11.5 Å². The highest BCUT2D eigenvalue weighted by Crippen LogP contribution is 2.21. The lowest BCUT2D eigenvalue weighted by molar-refractivity contribution is 0.141. The molecule has 15 heavy (non-hydrogen) atoms. The van der Waals surface area contributed by atoms with Crippen LogP contribution in [-0.2, 0) is 11.3 Å². The highest BCUT2D eigenvalue weighted by Gasteiger charge is 2.03. The number of methoxy groups -OCH3 is 1. The number of hydrogen-bond acceptors (Lipinski definition) is 4. The van der Waals surface area contributed by atoms with Crippen LogP contribution in [0.3, 0.4) is 0 Å². The Morgan fingerprint density at radius 1 is 1.47 bits per heavy atom. The number of alkyl carbamates (subject to hydrolysis) is 1. The van der Waals surface area contributed by atoms with Gasteiger partial charge in [0.15, 0.2) is 0 Å². The van der Waals surface area contributed by atoms with Gasteiger partial charge in [-0.05, 0) is 17.7 Å². The number of carbonyl (C=O) groups excluding carboxylic acids is 1. The fourth-order valence-electron chi connectivity index (χ4n) is 1.07. The molecule has 0 bridgehead atoms. The van der Waals surface area contributed by atoms with E-state index in [0.717, 1.165) is 0 Å². The van der Waals surface area contributed by atoms with Crippen LogP contribution in [0.15, 0.2) is 18.2 Å². The normalized spacial score (nSPS) is 9.47. The average molecular weight is 211 g/mol. The second-order valence-electron chi connectivity index (χ2n) is 2.87. The van der Waals surface area contributed by atoms with Crippen molar-refractivity contribution in [1.29, 1.82) is 0 Å². The zero-order valence-electron chi connectivity index (χ0n) is 8.61. The summed E-state index contributed by atoms with van der Waals surface area (Å²) in [5.41, 5.74) is 0.662. The number of phenols is 1. The minimum Gasteiger partial charge on any atom is -0.508 e. The molecule has 1 rings (SSSR count). The number of aromatic hydroxyl groups is 1. The van der Waals surface area contributed by atoms with Crippen LogP contribution >= 0.6 is 0 Å². The van der Waals surface area contributed by atoms with Crippen LogP contribution in [0.25, 0.3) is 0 Å². The molecule has 0 radical (unpaired) electrons. The fourth-order valence-corrected chi connectivity index (χ4v) is 1.07. The first-order chi connectivity index (χ1) is 7.15. The van der Waals surface area contributed by atoms with Crippen molar-refractivity contribution in [2.24, 2.45) is 0 Å². The first kappa shape index (κ1) is 11.2. The third-order valence-corrected chi connectivity index (χ3v) is 1.76. The van der Waals surface area contributed by atoms with Crippen LogP contribution < -0.4 is 10.1 Å². The summed E-state index contributed by atoms with van der Waals surface area (Å²) in [7, 11) is 2.98. The summed E-state index contributed by atoms with van der Waals surface area (Å²) in [6.45, 7) is 0.0877. The van der Waals surface area contributed by atoms with E-state index in [-0.39, 0.29) is 12.4 Å². The molecule has 5 heteroatoms. The molecule has 1 aromatic carbocycles. The van der Waals surface area contributed by atoms with Gasteiger partial charge in [-0.3, -0.25) is 0 Å². The molecule has 0 aliphatic rings. The molecular weight excluding hydrogens is 198 g/mol. The number of nitrogens with one attached hydrogen (secondary N) is 1. The number of rotatable bonds is 3. The lowest BCUT2D eigenvalue weighted by Gasteiger charge is -2.06. The summed E-state index contributed by atoms with van der Waals surface area (Å²) >= 11 is 0. The second-order valence-corrected chi connectivity index (χ2v) is 2.87.